The van der Waals surface area contributed by atoms with Gasteiger partial charge in [0.15, 0.2) is 0 Å². The number of rotatable bonds is 7. The van der Waals surface area contributed by atoms with Crippen LogP contribution >= 0.6 is 11.3 Å². The molecular formula is C17H25NOS. The summed E-state index contributed by atoms with van der Waals surface area (Å²) >= 11 is 1.84. The second-order valence-electron chi connectivity index (χ2n) is 5.80. The summed E-state index contributed by atoms with van der Waals surface area (Å²) in [6.45, 7) is 7.47. The van der Waals surface area contributed by atoms with Crippen LogP contribution in [0.1, 0.15) is 45.2 Å². The number of ether oxygens (including phenoxy) is 1. The van der Waals surface area contributed by atoms with Gasteiger partial charge in [-0.1, -0.05) is 25.1 Å². The Morgan fingerprint density at radius 1 is 1.30 bits per heavy atom. The van der Waals surface area contributed by atoms with Gasteiger partial charge >= 0.3 is 0 Å². The van der Waals surface area contributed by atoms with Crippen LogP contribution in [0.2, 0.25) is 0 Å². The number of nitrogens with one attached hydrogen (secondary N) is 1. The molecule has 0 aliphatic carbocycles. The van der Waals surface area contributed by atoms with Crippen LogP contribution in [0.25, 0.3) is 10.1 Å². The third-order valence-corrected chi connectivity index (χ3v) is 4.91. The third-order valence-electron chi connectivity index (χ3n) is 3.92. The quantitative estimate of drug-likeness (QED) is 0.794. The standard InChI is InChI=1S/C17H25NOS/c1-5-18-15(10-11-17(2,3)19-4)14-12-20-16-9-7-6-8-13(14)16/h6-9,12,15,18H,5,10-11H2,1-4H3. The molecule has 1 aromatic carbocycles. The number of methoxy groups -OCH3 is 1. The topological polar surface area (TPSA) is 21.3 Å². The first kappa shape index (κ1) is 15.5. The van der Waals surface area contributed by atoms with Crippen molar-refractivity contribution in [2.75, 3.05) is 13.7 Å². The van der Waals surface area contributed by atoms with Gasteiger partial charge < -0.3 is 10.1 Å². The van der Waals surface area contributed by atoms with Crippen molar-refractivity contribution in [1.82, 2.24) is 5.32 Å². The van der Waals surface area contributed by atoms with Gasteiger partial charge in [0, 0.05) is 17.9 Å². The molecule has 1 heterocycles. The summed E-state index contributed by atoms with van der Waals surface area (Å²) in [5.74, 6) is 0. The van der Waals surface area contributed by atoms with Crippen molar-refractivity contribution in [2.24, 2.45) is 0 Å². The predicted octanol–water partition coefficient (Wildman–Crippen LogP) is 4.76. The van der Waals surface area contributed by atoms with Gasteiger partial charge in [0.05, 0.1) is 5.60 Å². The summed E-state index contributed by atoms with van der Waals surface area (Å²) in [6, 6.07) is 9.07. The fourth-order valence-corrected chi connectivity index (χ4v) is 3.49. The maximum atomic E-state index is 5.55. The maximum absolute atomic E-state index is 5.55. The van der Waals surface area contributed by atoms with E-state index in [9.17, 15) is 0 Å². The highest BCUT2D eigenvalue weighted by molar-refractivity contribution is 7.17. The van der Waals surface area contributed by atoms with E-state index in [1.807, 2.05) is 11.3 Å². The zero-order chi connectivity index (χ0) is 14.6. The van der Waals surface area contributed by atoms with E-state index in [0.29, 0.717) is 6.04 Å². The first-order valence-corrected chi connectivity index (χ1v) is 8.20. The summed E-state index contributed by atoms with van der Waals surface area (Å²) in [5, 5.41) is 7.32. The average Bonchev–Trinajstić information content (AvgIpc) is 2.87. The zero-order valence-electron chi connectivity index (χ0n) is 12.9. The Morgan fingerprint density at radius 2 is 2.05 bits per heavy atom. The lowest BCUT2D eigenvalue weighted by Crippen LogP contribution is -2.27. The molecule has 0 aliphatic rings. The molecule has 0 saturated carbocycles. The van der Waals surface area contributed by atoms with Crippen LogP contribution in [0, 0.1) is 0 Å². The molecule has 0 spiro atoms. The summed E-state index contributed by atoms with van der Waals surface area (Å²) in [5.41, 5.74) is 1.37. The van der Waals surface area contributed by atoms with Crippen LogP contribution < -0.4 is 5.32 Å². The van der Waals surface area contributed by atoms with E-state index in [0.717, 1.165) is 19.4 Å². The van der Waals surface area contributed by atoms with Crippen LogP contribution in [-0.4, -0.2) is 19.3 Å². The van der Waals surface area contributed by atoms with Gasteiger partial charge in [-0.2, -0.15) is 0 Å². The fraction of sp³-hybridized carbons (Fsp3) is 0.529. The average molecular weight is 291 g/mol. The van der Waals surface area contributed by atoms with Gasteiger partial charge in [-0.25, -0.2) is 0 Å². The summed E-state index contributed by atoms with van der Waals surface area (Å²) in [6.07, 6.45) is 2.14. The second kappa shape index (κ2) is 6.70. The molecule has 1 aromatic heterocycles. The van der Waals surface area contributed by atoms with Crippen LogP contribution in [0.5, 0.6) is 0 Å². The molecule has 3 heteroatoms. The lowest BCUT2D eigenvalue weighted by Gasteiger charge is -2.26. The molecule has 0 bridgehead atoms. The van der Waals surface area contributed by atoms with Gasteiger partial charge in [-0.3, -0.25) is 0 Å². The molecule has 0 radical (unpaired) electrons. The number of fused-ring (bicyclic) bond motifs is 1. The largest absolute Gasteiger partial charge is 0.379 e. The monoisotopic (exact) mass is 291 g/mol. The Kier molecular flexibility index (Phi) is 5.19. The van der Waals surface area contributed by atoms with Gasteiger partial charge in [-0.05, 0) is 55.6 Å². The molecule has 1 atom stereocenters. The summed E-state index contributed by atoms with van der Waals surface area (Å²) in [4.78, 5) is 0. The summed E-state index contributed by atoms with van der Waals surface area (Å²) < 4.78 is 6.92. The van der Waals surface area contributed by atoms with E-state index in [-0.39, 0.29) is 5.60 Å². The molecule has 2 nitrogen and oxygen atoms in total. The van der Waals surface area contributed by atoms with Crippen molar-refractivity contribution in [3.63, 3.8) is 0 Å². The van der Waals surface area contributed by atoms with E-state index in [1.165, 1.54) is 15.6 Å². The Bertz CT molecular complexity index is 547. The van der Waals surface area contributed by atoms with Crippen LogP contribution in [0.4, 0.5) is 0 Å². The van der Waals surface area contributed by atoms with Crippen molar-refractivity contribution in [1.29, 1.82) is 0 Å². The Labute approximate surface area is 126 Å². The van der Waals surface area contributed by atoms with Crippen LogP contribution in [0.15, 0.2) is 29.6 Å². The minimum absolute atomic E-state index is 0.0561. The Morgan fingerprint density at radius 3 is 2.75 bits per heavy atom. The SMILES string of the molecule is CCNC(CCC(C)(C)OC)c1csc2ccccc12. The lowest BCUT2D eigenvalue weighted by atomic mass is 9.94. The van der Waals surface area contributed by atoms with Crippen molar-refractivity contribution in [2.45, 2.75) is 45.3 Å². The minimum atomic E-state index is -0.0561. The zero-order valence-corrected chi connectivity index (χ0v) is 13.7. The number of hydrogen-bond donors (Lipinski definition) is 1. The van der Waals surface area contributed by atoms with Gasteiger partial charge in [0.2, 0.25) is 0 Å². The minimum Gasteiger partial charge on any atom is -0.379 e. The molecule has 1 N–H and O–H groups in total. The van der Waals surface area contributed by atoms with E-state index in [1.54, 1.807) is 7.11 Å². The van der Waals surface area contributed by atoms with E-state index in [4.69, 9.17) is 4.74 Å². The number of hydrogen-bond acceptors (Lipinski definition) is 3. The molecule has 0 amide bonds. The maximum Gasteiger partial charge on any atom is 0.0623 e. The highest BCUT2D eigenvalue weighted by Crippen LogP contribution is 2.33. The van der Waals surface area contributed by atoms with Gasteiger partial charge in [0.1, 0.15) is 0 Å². The van der Waals surface area contributed by atoms with E-state index >= 15 is 0 Å². The van der Waals surface area contributed by atoms with Crippen LogP contribution in [0.3, 0.4) is 0 Å². The van der Waals surface area contributed by atoms with Crippen molar-refractivity contribution in [3.05, 3.63) is 35.2 Å². The molecule has 0 aliphatic heterocycles. The number of benzene rings is 1. The fourth-order valence-electron chi connectivity index (χ4n) is 2.48. The van der Waals surface area contributed by atoms with Gasteiger partial charge in [-0.15, -0.1) is 11.3 Å². The van der Waals surface area contributed by atoms with Crippen molar-refractivity contribution in [3.8, 4) is 0 Å². The van der Waals surface area contributed by atoms with Crippen LogP contribution in [-0.2, 0) is 4.74 Å². The molecule has 110 valence electrons. The lowest BCUT2D eigenvalue weighted by molar-refractivity contribution is 0.0117. The van der Waals surface area contributed by atoms with Gasteiger partial charge in [0.25, 0.3) is 0 Å². The van der Waals surface area contributed by atoms with Crippen molar-refractivity contribution < 1.29 is 4.74 Å². The third kappa shape index (κ3) is 3.60. The number of thiophene rings is 1. The van der Waals surface area contributed by atoms with E-state index < -0.39 is 0 Å². The Balaban J connectivity index is 2.20. The molecule has 0 fully saturated rings. The predicted molar refractivity (Wildman–Crippen MR) is 88.6 cm³/mol. The first-order valence-electron chi connectivity index (χ1n) is 7.32. The summed E-state index contributed by atoms with van der Waals surface area (Å²) in [7, 11) is 1.79. The second-order valence-corrected chi connectivity index (χ2v) is 6.71. The normalized spacial score (nSPS) is 13.8. The molecule has 2 rings (SSSR count). The van der Waals surface area contributed by atoms with E-state index in [2.05, 4.69) is 55.7 Å². The smallest absolute Gasteiger partial charge is 0.0623 e. The Hall–Kier alpha value is -0.900. The first-order chi connectivity index (χ1) is 9.57. The molecule has 20 heavy (non-hydrogen) atoms. The molecule has 2 aromatic rings. The van der Waals surface area contributed by atoms with Crippen molar-refractivity contribution >= 4 is 21.4 Å². The molecule has 1 unspecified atom stereocenters. The highest BCUT2D eigenvalue weighted by Gasteiger charge is 2.21. The molecular weight excluding hydrogens is 266 g/mol. The highest BCUT2D eigenvalue weighted by atomic mass is 32.1. The molecule has 0 saturated heterocycles.